The van der Waals surface area contributed by atoms with Crippen molar-refractivity contribution in [3.63, 3.8) is 0 Å². The monoisotopic (exact) mass is 457 g/mol. The first-order chi connectivity index (χ1) is 16.5. The number of fused-ring (bicyclic) bond motifs is 1. The molecule has 0 radical (unpaired) electrons. The number of ether oxygens (including phenoxy) is 1. The van der Waals surface area contributed by atoms with E-state index < -0.39 is 5.60 Å². The van der Waals surface area contributed by atoms with Crippen molar-refractivity contribution in [2.75, 3.05) is 13.2 Å². The quantitative estimate of drug-likeness (QED) is 0.462. The van der Waals surface area contributed by atoms with Gasteiger partial charge in [-0.15, -0.1) is 0 Å². The molecular formula is C27H27N3O4. The Morgan fingerprint density at radius 1 is 1.15 bits per heavy atom. The number of carbonyl (C=O) groups excluding carboxylic acids is 1. The summed E-state index contributed by atoms with van der Waals surface area (Å²) >= 11 is 0. The molecule has 2 aromatic heterocycles. The number of hydrogen-bond donors (Lipinski definition) is 1. The minimum Gasteiger partial charge on any atom is -0.491 e. The Morgan fingerprint density at radius 3 is 2.85 bits per heavy atom. The van der Waals surface area contributed by atoms with Crippen LogP contribution in [0.3, 0.4) is 0 Å². The number of carbonyl (C=O) groups is 1. The van der Waals surface area contributed by atoms with Gasteiger partial charge in [0.1, 0.15) is 18.1 Å². The molecule has 0 spiro atoms. The van der Waals surface area contributed by atoms with Crippen molar-refractivity contribution in [3.05, 3.63) is 96.0 Å². The first-order valence-electron chi connectivity index (χ1n) is 11.4. The van der Waals surface area contributed by atoms with Crippen LogP contribution in [0.15, 0.2) is 83.7 Å². The summed E-state index contributed by atoms with van der Waals surface area (Å²) in [5.74, 6) is 1.40. The number of aryl methyl sites for hydroxylation is 1. The van der Waals surface area contributed by atoms with E-state index in [4.69, 9.17) is 9.15 Å². The third kappa shape index (κ3) is 4.61. The van der Waals surface area contributed by atoms with Crippen LogP contribution < -0.4 is 4.74 Å². The second kappa shape index (κ2) is 9.19. The molecule has 4 aromatic rings. The van der Waals surface area contributed by atoms with Crippen LogP contribution in [0.1, 0.15) is 34.8 Å². The predicted molar refractivity (Wildman–Crippen MR) is 127 cm³/mol. The van der Waals surface area contributed by atoms with E-state index >= 15 is 0 Å². The van der Waals surface area contributed by atoms with Gasteiger partial charge in [0, 0.05) is 42.2 Å². The lowest BCUT2D eigenvalue weighted by Gasteiger charge is -2.25. The standard InChI is InChI=1S/C27H27N3O4/c1-27(32,10-13-30-12-4-11-28-30)23-8-9-25-22(18-23)19-29(14-16-34-25)26(31)21-6-2-5-20(17-21)24-7-3-15-33-24/h2-9,11-12,15,17-18,32H,10,13-14,16,19H2,1H3. The summed E-state index contributed by atoms with van der Waals surface area (Å²) in [7, 11) is 0. The minimum absolute atomic E-state index is 0.0688. The number of nitrogens with zero attached hydrogens (tertiary/aromatic N) is 3. The van der Waals surface area contributed by atoms with Gasteiger partial charge in [0.15, 0.2) is 0 Å². The molecule has 7 nitrogen and oxygen atoms in total. The van der Waals surface area contributed by atoms with Gasteiger partial charge >= 0.3 is 0 Å². The van der Waals surface area contributed by atoms with Gasteiger partial charge in [-0.1, -0.05) is 18.2 Å². The first kappa shape index (κ1) is 22.0. The van der Waals surface area contributed by atoms with Gasteiger partial charge in [-0.2, -0.15) is 5.10 Å². The normalized spacial score (nSPS) is 15.2. The van der Waals surface area contributed by atoms with E-state index in [0.717, 1.165) is 28.2 Å². The molecule has 1 N–H and O–H groups in total. The summed E-state index contributed by atoms with van der Waals surface area (Å²) in [4.78, 5) is 15.2. The number of amides is 1. The fraction of sp³-hybridized carbons (Fsp3) is 0.259. The molecule has 1 unspecified atom stereocenters. The van der Waals surface area contributed by atoms with E-state index in [9.17, 15) is 9.90 Å². The number of benzene rings is 2. The van der Waals surface area contributed by atoms with Crippen molar-refractivity contribution in [2.24, 2.45) is 0 Å². The Kier molecular flexibility index (Phi) is 5.94. The molecule has 5 rings (SSSR count). The highest BCUT2D eigenvalue weighted by Crippen LogP contribution is 2.32. The number of furan rings is 1. The fourth-order valence-corrected chi connectivity index (χ4v) is 4.24. The molecule has 0 bridgehead atoms. The van der Waals surface area contributed by atoms with Gasteiger partial charge in [0.2, 0.25) is 0 Å². The Hall–Kier alpha value is -3.84. The Morgan fingerprint density at radius 2 is 2.06 bits per heavy atom. The summed E-state index contributed by atoms with van der Waals surface area (Å²) in [5.41, 5.74) is 2.08. The van der Waals surface area contributed by atoms with Crippen LogP contribution >= 0.6 is 0 Å². The number of hydrogen-bond acceptors (Lipinski definition) is 5. The van der Waals surface area contributed by atoms with Crippen molar-refractivity contribution < 1.29 is 19.1 Å². The zero-order valence-corrected chi connectivity index (χ0v) is 19.1. The molecule has 34 heavy (non-hydrogen) atoms. The molecular weight excluding hydrogens is 430 g/mol. The van der Waals surface area contributed by atoms with E-state index in [0.29, 0.717) is 38.2 Å². The molecule has 1 aliphatic heterocycles. The maximum Gasteiger partial charge on any atom is 0.254 e. The molecule has 7 heteroatoms. The van der Waals surface area contributed by atoms with Gasteiger partial charge in [-0.25, -0.2) is 0 Å². The maximum absolute atomic E-state index is 13.4. The van der Waals surface area contributed by atoms with Gasteiger partial charge < -0.3 is 19.2 Å². The van der Waals surface area contributed by atoms with E-state index in [1.165, 1.54) is 0 Å². The average molecular weight is 458 g/mol. The third-order valence-electron chi connectivity index (χ3n) is 6.25. The molecule has 1 aliphatic rings. The molecule has 0 saturated heterocycles. The number of aliphatic hydroxyl groups is 1. The van der Waals surface area contributed by atoms with Crippen LogP contribution in [-0.2, 0) is 18.7 Å². The van der Waals surface area contributed by atoms with E-state index in [1.807, 2.05) is 66.9 Å². The first-order valence-corrected chi connectivity index (χ1v) is 11.4. The highest BCUT2D eigenvalue weighted by Gasteiger charge is 2.27. The highest BCUT2D eigenvalue weighted by atomic mass is 16.5. The summed E-state index contributed by atoms with van der Waals surface area (Å²) in [5, 5.41) is 15.4. The van der Waals surface area contributed by atoms with Crippen molar-refractivity contribution in [2.45, 2.75) is 32.0 Å². The van der Waals surface area contributed by atoms with Crippen LogP contribution in [0.2, 0.25) is 0 Å². The van der Waals surface area contributed by atoms with E-state index in [1.54, 1.807) is 29.0 Å². The Bertz CT molecular complexity index is 1260. The lowest BCUT2D eigenvalue weighted by atomic mass is 9.91. The van der Waals surface area contributed by atoms with Gasteiger partial charge in [-0.3, -0.25) is 9.48 Å². The van der Waals surface area contributed by atoms with Crippen molar-refractivity contribution >= 4 is 5.91 Å². The van der Waals surface area contributed by atoms with Crippen molar-refractivity contribution in [1.29, 1.82) is 0 Å². The number of rotatable bonds is 6. The number of aromatic nitrogens is 2. The summed E-state index contributed by atoms with van der Waals surface area (Å²) in [6, 6.07) is 18.8. The average Bonchev–Trinajstić information content (AvgIpc) is 3.53. The van der Waals surface area contributed by atoms with Crippen molar-refractivity contribution in [3.8, 4) is 17.1 Å². The molecule has 0 aliphatic carbocycles. The molecule has 3 heterocycles. The van der Waals surface area contributed by atoms with Crippen molar-refractivity contribution in [1.82, 2.24) is 14.7 Å². The molecule has 1 amide bonds. The fourth-order valence-electron chi connectivity index (χ4n) is 4.24. The summed E-state index contributed by atoms with van der Waals surface area (Å²) in [6.07, 6.45) is 5.74. The molecule has 2 aromatic carbocycles. The Balaban J connectivity index is 1.36. The second-order valence-electron chi connectivity index (χ2n) is 8.75. The van der Waals surface area contributed by atoms with Gasteiger partial charge in [0.25, 0.3) is 5.91 Å². The van der Waals surface area contributed by atoms with Crippen LogP contribution in [0, 0.1) is 0 Å². The summed E-state index contributed by atoms with van der Waals surface area (Å²) in [6.45, 7) is 3.69. The molecule has 174 valence electrons. The van der Waals surface area contributed by atoms with Crippen LogP contribution in [-0.4, -0.2) is 38.8 Å². The Labute approximate surface area is 198 Å². The largest absolute Gasteiger partial charge is 0.491 e. The predicted octanol–water partition coefficient (Wildman–Crippen LogP) is 4.48. The van der Waals surface area contributed by atoms with Crippen LogP contribution in [0.25, 0.3) is 11.3 Å². The smallest absolute Gasteiger partial charge is 0.254 e. The van der Waals surface area contributed by atoms with Crippen LogP contribution in [0.4, 0.5) is 0 Å². The SMILES string of the molecule is CC(O)(CCn1cccn1)c1ccc2c(c1)CN(C(=O)c1cccc(-c3ccco3)c1)CCO2. The van der Waals surface area contributed by atoms with Crippen LogP contribution in [0.5, 0.6) is 5.75 Å². The van der Waals surface area contributed by atoms with E-state index in [-0.39, 0.29) is 5.91 Å². The van der Waals surface area contributed by atoms with E-state index in [2.05, 4.69) is 5.10 Å². The minimum atomic E-state index is -1.04. The molecule has 1 atom stereocenters. The third-order valence-corrected chi connectivity index (χ3v) is 6.25. The second-order valence-corrected chi connectivity index (χ2v) is 8.75. The highest BCUT2D eigenvalue weighted by molar-refractivity contribution is 5.95. The lowest BCUT2D eigenvalue weighted by molar-refractivity contribution is 0.0419. The van der Waals surface area contributed by atoms with Gasteiger partial charge in [-0.05, 0) is 61.4 Å². The topological polar surface area (TPSA) is 80.7 Å². The maximum atomic E-state index is 13.4. The molecule has 0 saturated carbocycles. The summed E-state index contributed by atoms with van der Waals surface area (Å²) < 4.78 is 13.2. The zero-order chi connectivity index (χ0) is 23.5. The lowest BCUT2D eigenvalue weighted by Crippen LogP contribution is -2.32. The molecule has 0 fully saturated rings. The van der Waals surface area contributed by atoms with Gasteiger partial charge in [0.05, 0.1) is 18.4 Å². The zero-order valence-electron chi connectivity index (χ0n) is 19.1.